The predicted molar refractivity (Wildman–Crippen MR) is 108 cm³/mol. The molecular formula is C21H21ClN2O4. The fourth-order valence-electron chi connectivity index (χ4n) is 2.67. The van der Waals surface area contributed by atoms with Gasteiger partial charge in [-0.2, -0.15) is 0 Å². The Kier molecular flexibility index (Phi) is 6.21. The minimum atomic E-state index is -0.199. The number of methoxy groups -OCH3 is 2. The van der Waals surface area contributed by atoms with Crippen LogP contribution < -0.4 is 14.8 Å². The molecule has 0 saturated carbocycles. The number of rotatable bonds is 7. The summed E-state index contributed by atoms with van der Waals surface area (Å²) in [5, 5.41) is 3.18. The number of anilines is 1. The number of aryl methyl sites for hydroxylation is 2. The summed E-state index contributed by atoms with van der Waals surface area (Å²) in [6.45, 7) is 2.03. The number of carbonyl (C=O) groups is 1. The molecule has 3 rings (SSSR count). The maximum atomic E-state index is 12.3. The maximum absolute atomic E-state index is 12.3. The first-order valence-electron chi connectivity index (χ1n) is 8.73. The lowest BCUT2D eigenvalue weighted by Crippen LogP contribution is -2.13. The largest absolute Gasteiger partial charge is 0.495 e. The summed E-state index contributed by atoms with van der Waals surface area (Å²) < 4.78 is 16.2. The van der Waals surface area contributed by atoms with Gasteiger partial charge in [0, 0.05) is 24.5 Å². The fraction of sp³-hybridized carbons (Fsp3) is 0.238. The standard InChI is InChI=1S/C21H21ClN2O4/c1-13-4-6-14(7-5-13)19-12-23-21(28-19)9-8-20(25)24-16-10-15(22)17(26-2)11-18(16)27-3/h4-7,10-12H,8-9H2,1-3H3,(H,24,25). The van der Waals surface area contributed by atoms with Crippen LogP contribution in [0.1, 0.15) is 17.9 Å². The second kappa shape index (κ2) is 8.80. The molecule has 28 heavy (non-hydrogen) atoms. The van der Waals surface area contributed by atoms with Crippen LogP contribution in [0, 0.1) is 6.92 Å². The van der Waals surface area contributed by atoms with Gasteiger partial charge in [0.1, 0.15) is 11.5 Å². The normalized spacial score (nSPS) is 10.6. The molecule has 1 N–H and O–H groups in total. The molecule has 2 aromatic carbocycles. The average molecular weight is 401 g/mol. The first-order chi connectivity index (χ1) is 13.5. The number of hydrogen-bond donors (Lipinski definition) is 1. The molecule has 146 valence electrons. The first kappa shape index (κ1) is 19.8. The van der Waals surface area contributed by atoms with Gasteiger partial charge >= 0.3 is 0 Å². The highest BCUT2D eigenvalue weighted by molar-refractivity contribution is 6.32. The molecule has 1 aromatic heterocycles. The molecule has 0 aliphatic heterocycles. The molecule has 0 fully saturated rings. The van der Waals surface area contributed by atoms with E-state index in [1.807, 2.05) is 31.2 Å². The number of hydrogen-bond acceptors (Lipinski definition) is 5. The minimum Gasteiger partial charge on any atom is -0.495 e. The van der Waals surface area contributed by atoms with Gasteiger partial charge in [-0.25, -0.2) is 4.98 Å². The molecule has 1 amide bonds. The Labute approximate surface area is 168 Å². The van der Waals surface area contributed by atoms with Crippen LogP contribution in [0.4, 0.5) is 5.69 Å². The maximum Gasteiger partial charge on any atom is 0.224 e. The van der Waals surface area contributed by atoms with Crippen LogP contribution >= 0.6 is 11.6 Å². The van der Waals surface area contributed by atoms with E-state index in [-0.39, 0.29) is 12.3 Å². The number of amides is 1. The number of halogens is 1. The number of benzene rings is 2. The summed E-state index contributed by atoms with van der Waals surface area (Å²) in [7, 11) is 3.03. The number of carbonyl (C=O) groups excluding carboxylic acids is 1. The van der Waals surface area contributed by atoms with Gasteiger partial charge in [0.15, 0.2) is 11.7 Å². The van der Waals surface area contributed by atoms with Gasteiger partial charge in [-0.3, -0.25) is 4.79 Å². The summed E-state index contributed by atoms with van der Waals surface area (Å²) in [5.74, 6) is 1.92. The number of nitrogens with zero attached hydrogens (tertiary/aromatic N) is 1. The lowest BCUT2D eigenvalue weighted by molar-refractivity contribution is -0.116. The molecule has 0 unspecified atom stereocenters. The number of aromatic nitrogens is 1. The molecule has 7 heteroatoms. The summed E-state index contributed by atoms with van der Waals surface area (Å²) >= 11 is 6.13. The van der Waals surface area contributed by atoms with Crippen LogP contribution in [0.2, 0.25) is 5.02 Å². The Morgan fingerprint density at radius 3 is 2.54 bits per heavy atom. The molecule has 0 aliphatic rings. The summed E-state index contributed by atoms with van der Waals surface area (Å²) in [4.78, 5) is 16.6. The highest BCUT2D eigenvalue weighted by Crippen LogP contribution is 2.36. The molecule has 0 saturated heterocycles. The zero-order valence-electron chi connectivity index (χ0n) is 15.9. The van der Waals surface area contributed by atoms with Crippen LogP contribution in [-0.4, -0.2) is 25.1 Å². The second-order valence-corrected chi connectivity index (χ2v) is 6.63. The van der Waals surface area contributed by atoms with Crippen LogP contribution in [0.3, 0.4) is 0 Å². The van der Waals surface area contributed by atoms with Crippen molar-refractivity contribution in [2.75, 3.05) is 19.5 Å². The highest BCUT2D eigenvalue weighted by atomic mass is 35.5. The van der Waals surface area contributed by atoms with E-state index in [0.717, 1.165) is 5.56 Å². The monoisotopic (exact) mass is 400 g/mol. The number of nitrogens with one attached hydrogen (secondary N) is 1. The lowest BCUT2D eigenvalue weighted by atomic mass is 10.1. The van der Waals surface area contributed by atoms with E-state index in [1.54, 1.807) is 18.3 Å². The highest BCUT2D eigenvalue weighted by Gasteiger charge is 2.14. The van der Waals surface area contributed by atoms with Crippen molar-refractivity contribution >= 4 is 23.2 Å². The van der Waals surface area contributed by atoms with Gasteiger partial charge in [0.05, 0.1) is 31.1 Å². The molecule has 0 bridgehead atoms. The van der Waals surface area contributed by atoms with Gasteiger partial charge < -0.3 is 19.2 Å². The Hall–Kier alpha value is -2.99. The lowest BCUT2D eigenvalue weighted by Gasteiger charge is -2.12. The number of ether oxygens (including phenoxy) is 2. The van der Waals surface area contributed by atoms with Crippen LogP contribution in [0.5, 0.6) is 11.5 Å². The van der Waals surface area contributed by atoms with E-state index in [1.165, 1.54) is 19.8 Å². The van der Waals surface area contributed by atoms with Gasteiger partial charge in [-0.1, -0.05) is 41.4 Å². The predicted octanol–water partition coefficient (Wildman–Crippen LogP) is 4.89. The quantitative estimate of drug-likeness (QED) is 0.611. The summed E-state index contributed by atoms with van der Waals surface area (Å²) in [6.07, 6.45) is 2.26. The third-order valence-corrected chi connectivity index (χ3v) is 4.50. The summed E-state index contributed by atoms with van der Waals surface area (Å²) in [6, 6.07) is 11.2. The van der Waals surface area contributed by atoms with Crippen LogP contribution in [0.15, 0.2) is 47.0 Å². The van der Waals surface area contributed by atoms with Crippen molar-refractivity contribution in [1.82, 2.24) is 4.98 Å². The Morgan fingerprint density at radius 2 is 1.86 bits per heavy atom. The van der Waals surface area contributed by atoms with E-state index < -0.39 is 0 Å². The molecule has 0 atom stereocenters. The zero-order chi connectivity index (χ0) is 20.1. The van der Waals surface area contributed by atoms with Crippen molar-refractivity contribution in [3.05, 3.63) is 59.1 Å². The molecule has 0 spiro atoms. The molecule has 0 aliphatic carbocycles. The van der Waals surface area contributed by atoms with Crippen molar-refractivity contribution < 1.29 is 18.7 Å². The third kappa shape index (κ3) is 4.64. The fourth-order valence-corrected chi connectivity index (χ4v) is 2.91. The minimum absolute atomic E-state index is 0.199. The van der Waals surface area contributed by atoms with E-state index in [4.69, 9.17) is 25.5 Å². The van der Waals surface area contributed by atoms with E-state index in [9.17, 15) is 4.79 Å². The SMILES string of the molecule is COc1cc(OC)c(NC(=O)CCc2ncc(-c3ccc(C)cc3)o2)cc1Cl. The van der Waals surface area contributed by atoms with Crippen LogP contribution in [0.25, 0.3) is 11.3 Å². The van der Waals surface area contributed by atoms with Gasteiger partial charge in [0.2, 0.25) is 5.91 Å². The topological polar surface area (TPSA) is 73.6 Å². The zero-order valence-corrected chi connectivity index (χ0v) is 16.7. The molecular weight excluding hydrogens is 380 g/mol. The Bertz CT molecular complexity index is 967. The van der Waals surface area contributed by atoms with Crippen molar-refractivity contribution in [3.63, 3.8) is 0 Å². The number of oxazole rings is 1. The van der Waals surface area contributed by atoms with E-state index in [2.05, 4.69) is 10.3 Å². The Morgan fingerprint density at radius 1 is 1.14 bits per heavy atom. The van der Waals surface area contributed by atoms with Gasteiger partial charge in [0.25, 0.3) is 0 Å². The van der Waals surface area contributed by atoms with Crippen molar-refractivity contribution in [2.24, 2.45) is 0 Å². The van der Waals surface area contributed by atoms with Crippen molar-refractivity contribution in [2.45, 2.75) is 19.8 Å². The molecule has 1 heterocycles. The first-order valence-corrected chi connectivity index (χ1v) is 9.11. The van der Waals surface area contributed by atoms with E-state index >= 15 is 0 Å². The third-order valence-electron chi connectivity index (χ3n) is 4.20. The van der Waals surface area contributed by atoms with Crippen LogP contribution in [-0.2, 0) is 11.2 Å². The summed E-state index contributed by atoms with van der Waals surface area (Å²) in [5.41, 5.74) is 2.60. The van der Waals surface area contributed by atoms with E-state index in [0.29, 0.717) is 40.3 Å². The van der Waals surface area contributed by atoms with Gasteiger partial charge in [-0.05, 0) is 13.0 Å². The molecule has 0 radical (unpaired) electrons. The van der Waals surface area contributed by atoms with Crippen molar-refractivity contribution in [1.29, 1.82) is 0 Å². The van der Waals surface area contributed by atoms with Crippen molar-refractivity contribution in [3.8, 4) is 22.8 Å². The Balaban J connectivity index is 1.62. The molecule has 3 aromatic rings. The second-order valence-electron chi connectivity index (χ2n) is 6.22. The van der Waals surface area contributed by atoms with Gasteiger partial charge in [-0.15, -0.1) is 0 Å². The smallest absolute Gasteiger partial charge is 0.224 e. The average Bonchev–Trinajstić information content (AvgIpc) is 3.16. The molecule has 6 nitrogen and oxygen atoms in total.